The van der Waals surface area contributed by atoms with Crippen LogP contribution < -0.4 is 4.72 Å². The molecule has 1 aromatic heterocycles. The monoisotopic (exact) mass is 243 g/mol. The summed E-state index contributed by atoms with van der Waals surface area (Å²) >= 11 is 0. The first-order valence-corrected chi connectivity index (χ1v) is 6.10. The van der Waals surface area contributed by atoms with Gasteiger partial charge in [0.1, 0.15) is 5.76 Å². The normalized spacial score (nSPS) is 11.6. The highest BCUT2D eigenvalue weighted by Gasteiger charge is 2.16. The lowest BCUT2D eigenvalue weighted by molar-refractivity contribution is 0.452. The lowest BCUT2D eigenvalue weighted by Gasteiger charge is -2.15. The number of hydrogen-bond acceptors (Lipinski definition) is 4. The smallest absolute Gasteiger partial charge is 0.279 e. The Kier molecular flexibility index (Phi) is 4.49. The lowest BCUT2D eigenvalue weighted by Crippen LogP contribution is -2.38. The number of nitrogens with zero attached hydrogens (tertiary/aromatic N) is 2. The van der Waals surface area contributed by atoms with Gasteiger partial charge >= 0.3 is 0 Å². The predicted molar refractivity (Wildman–Crippen MR) is 57.3 cm³/mol. The fourth-order valence-corrected chi connectivity index (χ4v) is 1.89. The molecule has 1 aromatic rings. The summed E-state index contributed by atoms with van der Waals surface area (Å²) in [6.07, 6.45) is 1.64. The summed E-state index contributed by atoms with van der Waals surface area (Å²) in [5, 5.41) is 8.35. The van der Waals surface area contributed by atoms with Crippen molar-refractivity contribution < 1.29 is 12.8 Å². The number of nitriles is 1. The Labute approximate surface area is 94.6 Å². The van der Waals surface area contributed by atoms with Crippen molar-refractivity contribution >= 4 is 10.2 Å². The largest absolute Gasteiger partial charge is 0.468 e. The van der Waals surface area contributed by atoms with Gasteiger partial charge in [0, 0.05) is 20.0 Å². The second-order valence-corrected chi connectivity index (χ2v) is 5.00. The molecule has 0 unspecified atom stereocenters. The van der Waals surface area contributed by atoms with Crippen molar-refractivity contribution in [3.63, 3.8) is 0 Å². The van der Waals surface area contributed by atoms with E-state index in [0.29, 0.717) is 5.76 Å². The summed E-state index contributed by atoms with van der Waals surface area (Å²) in [6, 6.07) is 5.25. The third-order valence-corrected chi connectivity index (χ3v) is 3.47. The number of nitrogens with one attached hydrogen (secondary N) is 1. The molecule has 0 aliphatic carbocycles. The van der Waals surface area contributed by atoms with Crippen molar-refractivity contribution in [2.45, 2.75) is 13.0 Å². The van der Waals surface area contributed by atoms with Crippen LogP contribution in [0.3, 0.4) is 0 Å². The summed E-state index contributed by atoms with van der Waals surface area (Å²) in [6.45, 7) is 0.274. The van der Waals surface area contributed by atoms with E-state index >= 15 is 0 Å². The molecule has 88 valence electrons. The van der Waals surface area contributed by atoms with E-state index in [1.165, 1.54) is 13.3 Å². The summed E-state index contributed by atoms with van der Waals surface area (Å²) < 4.78 is 31.6. The van der Waals surface area contributed by atoms with E-state index in [-0.39, 0.29) is 19.5 Å². The Morgan fingerprint density at radius 2 is 2.38 bits per heavy atom. The van der Waals surface area contributed by atoms with Gasteiger partial charge in [-0.2, -0.15) is 22.7 Å². The van der Waals surface area contributed by atoms with Gasteiger partial charge < -0.3 is 4.42 Å². The van der Waals surface area contributed by atoms with Crippen LogP contribution in [0.5, 0.6) is 0 Å². The number of rotatable bonds is 6. The van der Waals surface area contributed by atoms with Crippen molar-refractivity contribution in [2.75, 3.05) is 13.6 Å². The molecule has 0 saturated heterocycles. The van der Waals surface area contributed by atoms with Crippen LogP contribution in [0.25, 0.3) is 0 Å². The van der Waals surface area contributed by atoms with Gasteiger partial charge in [-0.15, -0.1) is 0 Å². The third-order valence-electron chi connectivity index (χ3n) is 1.96. The second-order valence-electron chi connectivity index (χ2n) is 3.14. The molecule has 0 radical (unpaired) electrons. The lowest BCUT2D eigenvalue weighted by atomic mass is 10.5. The van der Waals surface area contributed by atoms with E-state index in [0.717, 1.165) is 4.31 Å². The minimum absolute atomic E-state index is 0.103. The molecule has 0 aliphatic rings. The molecule has 6 nitrogen and oxygen atoms in total. The summed E-state index contributed by atoms with van der Waals surface area (Å²) in [7, 11) is -2.12. The van der Waals surface area contributed by atoms with Crippen LogP contribution in [0.1, 0.15) is 12.2 Å². The minimum Gasteiger partial charge on any atom is -0.468 e. The van der Waals surface area contributed by atoms with Crippen molar-refractivity contribution in [1.29, 1.82) is 5.26 Å². The average Bonchev–Trinajstić information content (AvgIpc) is 2.76. The first-order chi connectivity index (χ1) is 7.56. The topological polar surface area (TPSA) is 86.3 Å². The molecule has 1 heterocycles. The van der Waals surface area contributed by atoms with Gasteiger partial charge in [0.15, 0.2) is 0 Å². The zero-order valence-electron chi connectivity index (χ0n) is 8.88. The van der Waals surface area contributed by atoms with Gasteiger partial charge in [0.25, 0.3) is 10.2 Å². The zero-order chi connectivity index (χ0) is 12.0. The molecular weight excluding hydrogens is 230 g/mol. The van der Waals surface area contributed by atoms with Crippen LogP contribution in [-0.2, 0) is 16.8 Å². The molecule has 0 bridgehead atoms. The molecular formula is C9H13N3O3S. The van der Waals surface area contributed by atoms with Crippen molar-refractivity contribution in [3.8, 4) is 6.07 Å². The first-order valence-electron chi connectivity index (χ1n) is 4.66. The van der Waals surface area contributed by atoms with Gasteiger partial charge in [0.05, 0.1) is 18.9 Å². The maximum absolute atomic E-state index is 11.6. The van der Waals surface area contributed by atoms with Crippen LogP contribution in [0.2, 0.25) is 0 Å². The molecule has 0 amide bonds. The molecule has 1 rings (SSSR count). The average molecular weight is 243 g/mol. The highest BCUT2D eigenvalue weighted by atomic mass is 32.2. The van der Waals surface area contributed by atoms with Gasteiger partial charge in [-0.05, 0) is 12.1 Å². The molecule has 0 spiro atoms. The van der Waals surface area contributed by atoms with Gasteiger partial charge in [-0.25, -0.2) is 0 Å². The van der Waals surface area contributed by atoms with Crippen LogP contribution >= 0.6 is 0 Å². The van der Waals surface area contributed by atoms with Gasteiger partial charge in [0.2, 0.25) is 0 Å². The highest BCUT2D eigenvalue weighted by Crippen LogP contribution is 2.01. The van der Waals surface area contributed by atoms with E-state index < -0.39 is 10.2 Å². The van der Waals surface area contributed by atoms with Crippen molar-refractivity contribution in [1.82, 2.24) is 9.03 Å². The first kappa shape index (κ1) is 12.7. The Morgan fingerprint density at radius 3 is 2.94 bits per heavy atom. The molecule has 0 aliphatic heterocycles. The predicted octanol–water partition coefficient (Wildman–Crippen LogP) is 0.459. The van der Waals surface area contributed by atoms with E-state index in [1.54, 1.807) is 12.1 Å². The zero-order valence-corrected chi connectivity index (χ0v) is 9.70. The summed E-state index contributed by atoms with van der Waals surface area (Å²) in [5.41, 5.74) is 0. The fraction of sp³-hybridized carbons (Fsp3) is 0.444. The minimum atomic E-state index is -3.54. The summed E-state index contributed by atoms with van der Waals surface area (Å²) in [5.74, 6) is 0.539. The molecule has 16 heavy (non-hydrogen) atoms. The fourth-order valence-electron chi connectivity index (χ4n) is 1.01. The van der Waals surface area contributed by atoms with Crippen molar-refractivity contribution in [3.05, 3.63) is 24.2 Å². The highest BCUT2D eigenvalue weighted by molar-refractivity contribution is 7.87. The second kappa shape index (κ2) is 5.65. The summed E-state index contributed by atoms with van der Waals surface area (Å²) in [4.78, 5) is 0. The number of furan rings is 1. The quantitative estimate of drug-likeness (QED) is 0.786. The SMILES string of the molecule is CN(CCC#N)S(=O)(=O)NCc1ccco1. The van der Waals surface area contributed by atoms with Gasteiger partial charge in [-0.3, -0.25) is 0 Å². The Balaban J connectivity index is 2.49. The number of hydrogen-bond donors (Lipinski definition) is 1. The van der Waals surface area contributed by atoms with E-state index in [1.807, 2.05) is 6.07 Å². The van der Waals surface area contributed by atoms with E-state index in [2.05, 4.69) is 4.72 Å². The molecule has 7 heteroatoms. The van der Waals surface area contributed by atoms with Crippen LogP contribution in [0.15, 0.2) is 22.8 Å². The molecule has 1 N–H and O–H groups in total. The Morgan fingerprint density at radius 1 is 1.62 bits per heavy atom. The third kappa shape index (κ3) is 3.66. The van der Waals surface area contributed by atoms with Crippen molar-refractivity contribution in [2.24, 2.45) is 0 Å². The maximum atomic E-state index is 11.6. The standard InChI is InChI=1S/C9H13N3O3S/c1-12(6-3-5-10)16(13,14)11-8-9-4-2-7-15-9/h2,4,7,11H,3,6,8H2,1H3. The van der Waals surface area contributed by atoms with Gasteiger partial charge in [-0.1, -0.05) is 0 Å². The van der Waals surface area contributed by atoms with E-state index in [9.17, 15) is 8.42 Å². The molecule has 0 saturated carbocycles. The van der Waals surface area contributed by atoms with Crippen LogP contribution in [0.4, 0.5) is 0 Å². The maximum Gasteiger partial charge on any atom is 0.279 e. The van der Waals surface area contributed by atoms with E-state index in [4.69, 9.17) is 9.68 Å². The Hall–Kier alpha value is -1.36. The molecule has 0 atom stereocenters. The van der Waals surface area contributed by atoms with Crippen LogP contribution in [0, 0.1) is 11.3 Å². The van der Waals surface area contributed by atoms with Crippen LogP contribution in [-0.4, -0.2) is 26.3 Å². The molecule has 0 aromatic carbocycles. The Bertz CT molecular complexity index is 447. The molecule has 0 fully saturated rings.